The van der Waals surface area contributed by atoms with E-state index in [4.69, 9.17) is 11.6 Å². The van der Waals surface area contributed by atoms with Crippen molar-refractivity contribution in [3.05, 3.63) is 45.7 Å². The molecule has 12 heteroatoms. The Morgan fingerprint density at radius 3 is 2.34 bits per heavy atom. The number of nitrogens with zero attached hydrogens (tertiary/aromatic N) is 2. The fourth-order valence-electron chi connectivity index (χ4n) is 2.46. The van der Waals surface area contributed by atoms with Gasteiger partial charge in [0.2, 0.25) is 5.91 Å². The third-order valence-corrected chi connectivity index (χ3v) is 3.96. The number of carbonyl (C=O) groups is 3. The van der Waals surface area contributed by atoms with Gasteiger partial charge >= 0.3 is 6.18 Å². The van der Waals surface area contributed by atoms with Crippen LogP contribution in [0.3, 0.4) is 0 Å². The molecule has 156 valence electrons. The third kappa shape index (κ3) is 5.25. The lowest BCUT2D eigenvalue weighted by Gasteiger charge is -2.15. The van der Waals surface area contributed by atoms with Crippen LogP contribution < -0.4 is 16.2 Å². The molecule has 0 spiro atoms. The molecule has 2 rings (SSSR count). The minimum Gasteiger partial charge on any atom is -0.320 e. The fourth-order valence-corrected chi connectivity index (χ4v) is 2.73. The van der Waals surface area contributed by atoms with E-state index >= 15 is 0 Å². The number of anilines is 1. The normalized spacial score (nSPS) is 11.1. The van der Waals surface area contributed by atoms with E-state index in [0.717, 1.165) is 4.68 Å². The number of carbonyl (C=O) groups excluding carboxylic acids is 3. The van der Waals surface area contributed by atoms with Crippen LogP contribution in [-0.2, 0) is 17.5 Å². The van der Waals surface area contributed by atoms with Crippen LogP contribution in [0.1, 0.15) is 46.0 Å². The van der Waals surface area contributed by atoms with Gasteiger partial charge in [0.05, 0.1) is 11.3 Å². The number of halogens is 4. The first kappa shape index (κ1) is 22.2. The molecule has 0 aliphatic rings. The molecule has 1 aromatic carbocycles. The molecule has 0 unspecified atom stereocenters. The summed E-state index contributed by atoms with van der Waals surface area (Å²) >= 11 is 5.96. The van der Waals surface area contributed by atoms with Gasteiger partial charge in [-0.1, -0.05) is 11.6 Å². The molecule has 3 amide bonds. The first-order valence-corrected chi connectivity index (χ1v) is 8.65. The number of aryl methyl sites for hydroxylation is 2. The van der Waals surface area contributed by atoms with E-state index in [9.17, 15) is 27.6 Å². The molecular formula is C17H17ClF3N5O3. The average molecular weight is 432 g/mol. The standard InChI is InChI=1S/C17H17ClF3N5O3/c1-4-26-12(7-13(25-26)17(19,20)21)16(29)22-14-8(2)5-10(18)6-11(14)15(28)24-23-9(3)27/h5-7H,4H2,1-3H3,(H,22,29)(H,23,27)(H,24,28). The van der Waals surface area contributed by atoms with Crippen molar-refractivity contribution in [3.8, 4) is 0 Å². The van der Waals surface area contributed by atoms with Gasteiger partial charge in [-0.2, -0.15) is 18.3 Å². The molecule has 29 heavy (non-hydrogen) atoms. The summed E-state index contributed by atoms with van der Waals surface area (Å²) in [7, 11) is 0. The van der Waals surface area contributed by atoms with Crippen molar-refractivity contribution < 1.29 is 27.6 Å². The van der Waals surface area contributed by atoms with Gasteiger partial charge in [-0.05, 0) is 31.5 Å². The molecular weight excluding hydrogens is 415 g/mol. The van der Waals surface area contributed by atoms with Crippen LogP contribution in [0, 0.1) is 6.92 Å². The van der Waals surface area contributed by atoms with Crippen LogP contribution >= 0.6 is 11.6 Å². The smallest absolute Gasteiger partial charge is 0.320 e. The summed E-state index contributed by atoms with van der Waals surface area (Å²) < 4.78 is 39.7. The van der Waals surface area contributed by atoms with Crippen molar-refractivity contribution in [1.29, 1.82) is 0 Å². The van der Waals surface area contributed by atoms with Crippen molar-refractivity contribution in [2.75, 3.05) is 5.32 Å². The van der Waals surface area contributed by atoms with E-state index in [0.29, 0.717) is 11.6 Å². The van der Waals surface area contributed by atoms with E-state index < -0.39 is 29.6 Å². The number of hydrazine groups is 1. The number of hydrogen-bond acceptors (Lipinski definition) is 4. The summed E-state index contributed by atoms with van der Waals surface area (Å²) in [6.07, 6.45) is -4.71. The van der Waals surface area contributed by atoms with Gasteiger partial charge in [0, 0.05) is 24.6 Å². The first-order chi connectivity index (χ1) is 13.4. The number of rotatable bonds is 4. The van der Waals surface area contributed by atoms with Crippen LogP contribution in [-0.4, -0.2) is 27.5 Å². The predicted molar refractivity (Wildman–Crippen MR) is 98.3 cm³/mol. The van der Waals surface area contributed by atoms with Crippen LogP contribution in [0.15, 0.2) is 18.2 Å². The van der Waals surface area contributed by atoms with Gasteiger partial charge in [0.25, 0.3) is 11.8 Å². The molecule has 0 aliphatic heterocycles. The highest BCUT2D eigenvalue weighted by molar-refractivity contribution is 6.31. The monoisotopic (exact) mass is 431 g/mol. The van der Waals surface area contributed by atoms with Gasteiger partial charge in [-0.25, -0.2) is 0 Å². The number of amides is 3. The van der Waals surface area contributed by atoms with Crippen LogP contribution in [0.2, 0.25) is 5.02 Å². The quantitative estimate of drug-likeness (QED) is 0.647. The second-order valence-corrected chi connectivity index (χ2v) is 6.40. The summed E-state index contributed by atoms with van der Waals surface area (Å²) in [5.41, 5.74) is 3.03. The molecule has 3 N–H and O–H groups in total. The Morgan fingerprint density at radius 1 is 1.14 bits per heavy atom. The van der Waals surface area contributed by atoms with Crippen LogP contribution in [0.25, 0.3) is 0 Å². The Morgan fingerprint density at radius 2 is 1.79 bits per heavy atom. The summed E-state index contributed by atoms with van der Waals surface area (Å²) in [5, 5.41) is 6.01. The zero-order valence-electron chi connectivity index (χ0n) is 15.6. The zero-order chi connectivity index (χ0) is 21.9. The molecule has 0 saturated carbocycles. The van der Waals surface area contributed by atoms with E-state index in [1.165, 1.54) is 26.0 Å². The van der Waals surface area contributed by atoms with Gasteiger partial charge in [0.1, 0.15) is 5.69 Å². The van der Waals surface area contributed by atoms with E-state index in [-0.39, 0.29) is 28.5 Å². The van der Waals surface area contributed by atoms with Gasteiger partial charge in [-0.15, -0.1) is 0 Å². The Kier molecular flexibility index (Phi) is 6.52. The largest absolute Gasteiger partial charge is 0.435 e. The molecule has 0 radical (unpaired) electrons. The molecule has 0 fully saturated rings. The summed E-state index contributed by atoms with van der Waals surface area (Å²) in [6.45, 7) is 4.28. The van der Waals surface area contributed by atoms with Crippen molar-refractivity contribution in [3.63, 3.8) is 0 Å². The molecule has 8 nitrogen and oxygen atoms in total. The fraction of sp³-hybridized carbons (Fsp3) is 0.294. The molecule has 0 atom stereocenters. The highest BCUT2D eigenvalue weighted by atomic mass is 35.5. The number of benzene rings is 1. The Labute approximate surface area is 168 Å². The molecule has 0 saturated heterocycles. The second kappa shape index (κ2) is 8.52. The van der Waals surface area contributed by atoms with E-state index in [1.807, 2.05) is 0 Å². The highest BCUT2D eigenvalue weighted by Gasteiger charge is 2.36. The number of alkyl halides is 3. The summed E-state index contributed by atoms with van der Waals surface area (Å²) in [5.74, 6) is -2.20. The summed E-state index contributed by atoms with van der Waals surface area (Å²) in [6, 6.07) is 3.34. The van der Waals surface area contributed by atoms with Crippen LogP contribution in [0.5, 0.6) is 0 Å². The maximum absolute atomic E-state index is 12.9. The van der Waals surface area contributed by atoms with E-state index in [2.05, 4.69) is 21.3 Å². The second-order valence-electron chi connectivity index (χ2n) is 5.96. The predicted octanol–water partition coefficient (Wildman–Crippen LogP) is 2.92. The van der Waals surface area contributed by atoms with Gasteiger partial charge in [0.15, 0.2) is 5.69 Å². The third-order valence-electron chi connectivity index (χ3n) is 3.74. The SMILES string of the molecule is CCn1nc(C(F)(F)F)cc1C(=O)Nc1c(C)cc(Cl)cc1C(=O)NNC(C)=O. The topological polar surface area (TPSA) is 105 Å². The molecule has 1 aromatic heterocycles. The van der Waals surface area contributed by atoms with Crippen molar-refractivity contribution in [2.45, 2.75) is 33.5 Å². The molecule has 0 aliphatic carbocycles. The first-order valence-electron chi connectivity index (χ1n) is 8.27. The average Bonchev–Trinajstić information content (AvgIpc) is 3.06. The molecule has 2 aromatic rings. The lowest BCUT2D eigenvalue weighted by atomic mass is 10.1. The van der Waals surface area contributed by atoms with Crippen molar-refractivity contribution >= 4 is 35.0 Å². The Hall–Kier alpha value is -3.08. The van der Waals surface area contributed by atoms with Crippen molar-refractivity contribution in [2.24, 2.45) is 0 Å². The zero-order valence-corrected chi connectivity index (χ0v) is 16.3. The summed E-state index contributed by atoms with van der Waals surface area (Å²) in [4.78, 5) is 36.0. The van der Waals surface area contributed by atoms with E-state index in [1.54, 1.807) is 6.92 Å². The minimum atomic E-state index is -4.71. The number of aromatic nitrogens is 2. The molecule has 0 bridgehead atoms. The Balaban J connectivity index is 2.41. The molecule has 1 heterocycles. The Bertz CT molecular complexity index is 972. The maximum Gasteiger partial charge on any atom is 0.435 e. The lowest BCUT2D eigenvalue weighted by molar-refractivity contribution is -0.141. The maximum atomic E-state index is 12.9. The minimum absolute atomic E-state index is 0.0221. The lowest BCUT2D eigenvalue weighted by Crippen LogP contribution is -2.40. The van der Waals surface area contributed by atoms with Crippen molar-refractivity contribution in [1.82, 2.24) is 20.6 Å². The van der Waals surface area contributed by atoms with Crippen LogP contribution in [0.4, 0.5) is 18.9 Å². The van der Waals surface area contributed by atoms with Gasteiger partial charge < -0.3 is 5.32 Å². The highest BCUT2D eigenvalue weighted by Crippen LogP contribution is 2.30. The number of hydrogen-bond donors (Lipinski definition) is 3. The van der Waals surface area contributed by atoms with Gasteiger partial charge in [-0.3, -0.25) is 29.9 Å². The number of nitrogens with one attached hydrogen (secondary N) is 3.